The van der Waals surface area contributed by atoms with Gasteiger partial charge in [-0.1, -0.05) is 0 Å². The lowest BCUT2D eigenvalue weighted by Gasteiger charge is -2.07. The lowest BCUT2D eigenvalue weighted by molar-refractivity contribution is 0.388. The number of benzene rings is 1. The van der Waals surface area contributed by atoms with Gasteiger partial charge in [0.25, 0.3) is 0 Å². The summed E-state index contributed by atoms with van der Waals surface area (Å²) in [5.74, 6) is -1.64. The van der Waals surface area contributed by atoms with E-state index in [0.717, 1.165) is 12.1 Å². The molecule has 0 aliphatic carbocycles. The van der Waals surface area contributed by atoms with E-state index < -0.39 is 11.6 Å². The summed E-state index contributed by atoms with van der Waals surface area (Å²) >= 11 is 0. The van der Waals surface area contributed by atoms with Crippen LogP contribution in [0.5, 0.6) is 17.5 Å². The smallest absolute Gasteiger partial charge is 0.227 e. The standard InChI is InChI=1S/C11H9F2N3O2/c1-17-9-5-10(16-11(14)15-9)18-6-2-3-7(12)8(13)4-6/h2-5H,1H3,(H2,14,15,16). The number of nitrogens with zero attached hydrogens (tertiary/aromatic N) is 2. The van der Waals surface area contributed by atoms with Gasteiger partial charge >= 0.3 is 0 Å². The predicted molar refractivity (Wildman–Crippen MR) is 59.4 cm³/mol. The second kappa shape index (κ2) is 4.82. The van der Waals surface area contributed by atoms with Gasteiger partial charge in [0, 0.05) is 6.07 Å². The molecule has 1 aromatic carbocycles. The molecule has 2 N–H and O–H groups in total. The Morgan fingerprint density at radius 1 is 1.06 bits per heavy atom. The van der Waals surface area contributed by atoms with Crippen LogP contribution in [0.2, 0.25) is 0 Å². The van der Waals surface area contributed by atoms with Crippen molar-refractivity contribution < 1.29 is 18.3 Å². The Hall–Kier alpha value is -2.44. The van der Waals surface area contributed by atoms with Gasteiger partial charge in [-0.2, -0.15) is 9.97 Å². The van der Waals surface area contributed by atoms with Crippen LogP contribution in [0.3, 0.4) is 0 Å². The lowest BCUT2D eigenvalue weighted by Crippen LogP contribution is -1.99. The first-order valence-corrected chi connectivity index (χ1v) is 4.90. The number of ether oxygens (including phenoxy) is 2. The molecule has 0 aliphatic heterocycles. The molecule has 0 saturated heterocycles. The number of halogens is 2. The molecule has 0 fully saturated rings. The highest BCUT2D eigenvalue weighted by molar-refractivity contribution is 5.33. The van der Waals surface area contributed by atoms with Crippen molar-refractivity contribution in [3.05, 3.63) is 35.9 Å². The molecule has 2 aromatic rings. The summed E-state index contributed by atoms with van der Waals surface area (Å²) in [4.78, 5) is 7.53. The Bertz CT molecular complexity index is 578. The monoisotopic (exact) mass is 253 g/mol. The molecule has 0 saturated carbocycles. The molecule has 0 amide bonds. The third-order valence-corrected chi connectivity index (χ3v) is 2.02. The molecule has 7 heteroatoms. The van der Waals surface area contributed by atoms with E-state index in [1.54, 1.807) is 0 Å². The molecular weight excluding hydrogens is 244 g/mol. The van der Waals surface area contributed by atoms with Gasteiger partial charge in [0.1, 0.15) is 5.75 Å². The number of anilines is 1. The molecule has 0 spiro atoms. The van der Waals surface area contributed by atoms with Crippen molar-refractivity contribution in [2.24, 2.45) is 0 Å². The number of nitrogen functional groups attached to an aromatic ring is 1. The maximum absolute atomic E-state index is 13.0. The maximum atomic E-state index is 13.0. The molecule has 5 nitrogen and oxygen atoms in total. The highest BCUT2D eigenvalue weighted by atomic mass is 19.2. The molecule has 0 atom stereocenters. The first-order chi connectivity index (χ1) is 8.58. The average molecular weight is 253 g/mol. The van der Waals surface area contributed by atoms with E-state index >= 15 is 0 Å². The average Bonchev–Trinajstić information content (AvgIpc) is 2.33. The molecule has 0 bridgehead atoms. The van der Waals surface area contributed by atoms with Crippen molar-refractivity contribution in [1.29, 1.82) is 0 Å². The molecule has 94 valence electrons. The van der Waals surface area contributed by atoms with Gasteiger partial charge in [-0.25, -0.2) is 8.78 Å². The zero-order valence-corrected chi connectivity index (χ0v) is 9.35. The first-order valence-electron chi connectivity index (χ1n) is 4.90. The Morgan fingerprint density at radius 3 is 2.44 bits per heavy atom. The predicted octanol–water partition coefficient (Wildman–Crippen LogP) is 2.14. The molecule has 2 rings (SSSR count). The van der Waals surface area contributed by atoms with Crippen LogP contribution in [0.1, 0.15) is 0 Å². The Morgan fingerprint density at radius 2 is 1.78 bits per heavy atom. The fourth-order valence-corrected chi connectivity index (χ4v) is 1.24. The first kappa shape index (κ1) is 12.0. The van der Waals surface area contributed by atoms with E-state index in [4.69, 9.17) is 15.2 Å². The summed E-state index contributed by atoms with van der Waals surface area (Å²) < 4.78 is 35.8. The van der Waals surface area contributed by atoms with Crippen LogP contribution in [0.4, 0.5) is 14.7 Å². The molecule has 0 aliphatic rings. The van der Waals surface area contributed by atoms with E-state index in [1.165, 1.54) is 19.2 Å². The van der Waals surface area contributed by atoms with Crippen molar-refractivity contribution in [1.82, 2.24) is 9.97 Å². The summed E-state index contributed by atoms with van der Waals surface area (Å²) in [5, 5.41) is 0. The van der Waals surface area contributed by atoms with Gasteiger partial charge in [0.05, 0.1) is 13.2 Å². The van der Waals surface area contributed by atoms with Gasteiger partial charge in [-0.15, -0.1) is 0 Å². The van der Waals surface area contributed by atoms with Crippen LogP contribution in [-0.4, -0.2) is 17.1 Å². The third kappa shape index (κ3) is 2.62. The van der Waals surface area contributed by atoms with Crippen LogP contribution in [0.15, 0.2) is 24.3 Å². The van der Waals surface area contributed by atoms with E-state index in [-0.39, 0.29) is 23.5 Å². The summed E-state index contributed by atoms with van der Waals surface area (Å²) in [7, 11) is 1.41. The zero-order valence-electron chi connectivity index (χ0n) is 9.35. The number of hydrogen-bond donors (Lipinski definition) is 1. The zero-order chi connectivity index (χ0) is 13.1. The number of rotatable bonds is 3. The minimum atomic E-state index is -1.01. The summed E-state index contributed by atoms with van der Waals surface area (Å²) in [6.07, 6.45) is 0. The molecular formula is C11H9F2N3O2. The Labute approximate surface area is 101 Å². The van der Waals surface area contributed by atoms with E-state index in [1.807, 2.05) is 0 Å². The molecule has 18 heavy (non-hydrogen) atoms. The number of aromatic nitrogens is 2. The van der Waals surface area contributed by atoms with Crippen molar-refractivity contribution in [2.45, 2.75) is 0 Å². The summed E-state index contributed by atoms with van der Waals surface area (Å²) in [5.41, 5.74) is 5.43. The van der Waals surface area contributed by atoms with Crippen molar-refractivity contribution in [2.75, 3.05) is 12.8 Å². The van der Waals surface area contributed by atoms with Crippen LogP contribution in [0.25, 0.3) is 0 Å². The van der Waals surface area contributed by atoms with Crippen molar-refractivity contribution >= 4 is 5.95 Å². The minimum absolute atomic E-state index is 0.0491. The Balaban J connectivity index is 2.27. The summed E-state index contributed by atoms with van der Waals surface area (Å²) in [6.45, 7) is 0. The highest BCUT2D eigenvalue weighted by Crippen LogP contribution is 2.24. The van der Waals surface area contributed by atoms with Crippen LogP contribution >= 0.6 is 0 Å². The SMILES string of the molecule is COc1cc(Oc2ccc(F)c(F)c2)nc(N)n1. The lowest BCUT2D eigenvalue weighted by atomic mass is 10.3. The Kier molecular flexibility index (Phi) is 3.22. The van der Waals surface area contributed by atoms with Crippen LogP contribution in [-0.2, 0) is 0 Å². The van der Waals surface area contributed by atoms with Crippen molar-refractivity contribution in [3.8, 4) is 17.5 Å². The topological polar surface area (TPSA) is 70.3 Å². The number of nitrogens with two attached hydrogens (primary N) is 1. The fraction of sp³-hybridized carbons (Fsp3) is 0.0909. The van der Waals surface area contributed by atoms with Gasteiger partial charge in [-0.3, -0.25) is 0 Å². The highest BCUT2D eigenvalue weighted by Gasteiger charge is 2.07. The van der Waals surface area contributed by atoms with Gasteiger partial charge in [-0.05, 0) is 12.1 Å². The molecule has 0 radical (unpaired) electrons. The van der Waals surface area contributed by atoms with Crippen molar-refractivity contribution in [3.63, 3.8) is 0 Å². The van der Waals surface area contributed by atoms with Gasteiger partial charge < -0.3 is 15.2 Å². The third-order valence-electron chi connectivity index (χ3n) is 2.02. The number of methoxy groups -OCH3 is 1. The molecule has 1 aromatic heterocycles. The second-order valence-corrected chi connectivity index (χ2v) is 3.28. The van der Waals surface area contributed by atoms with E-state index in [9.17, 15) is 8.78 Å². The molecule has 0 unspecified atom stereocenters. The number of hydrogen-bond acceptors (Lipinski definition) is 5. The normalized spacial score (nSPS) is 10.2. The van der Waals surface area contributed by atoms with Gasteiger partial charge in [0.2, 0.25) is 17.7 Å². The quantitative estimate of drug-likeness (QED) is 0.907. The maximum Gasteiger partial charge on any atom is 0.227 e. The molecule has 1 heterocycles. The van der Waals surface area contributed by atoms with E-state index in [0.29, 0.717) is 0 Å². The van der Waals surface area contributed by atoms with Crippen LogP contribution < -0.4 is 15.2 Å². The van der Waals surface area contributed by atoms with E-state index in [2.05, 4.69) is 9.97 Å². The largest absolute Gasteiger partial charge is 0.481 e. The fourth-order valence-electron chi connectivity index (χ4n) is 1.24. The minimum Gasteiger partial charge on any atom is -0.481 e. The van der Waals surface area contributed by atoms with Gasteiger partial charge in [0.15, 0.2) is 11.6 Å². The second-order valence-electron chi connectivity index (χ2n) is 3.28. The van der Waals surface area contributed by atoms with Crippen LogP contribution in [0, 0.1) is 11.6 Å². The summed E-state index contributed by atoms with van der Waals surface area (Å²) in [6, 6.07) is 4.49.